The maximum Gasteiger partial charge on any atom is 0.161 e. The number of methoxy groups -OCH3 is 1. The fourth-order valence-electron chi connectivity index (χ4n) is 6.94. The second-order valence-corrected chi connectivity index (χ2v) is 9.01. The van der Waals surface area contributed by atoms with E-state index in [0.29, 0.717) is 30.6 Å². The minimum absolute atomic E-state index is 0.0794. The van der Waals surface area contributed by atoms with Gasteiger partial charge in [-0.15, -0.1) is 0 Å². The molecule has 3 saturated carbocycles. The summed E-state index contributed by atoms with van der Waals surface area (Å²) in [5.41, 5.74) is 0.357. The maximum absolute atomic E-state index is 12.0. The minimum atomic E-state index is -0.723. The lowest BCUT2D eigenvalue weighted by Gasteiger charge is -2.60. The Morgan fingerprint density at radius 2 is 2.00 bits per heavy atom. The lowest BCUT2D eigenvalue weighted by molar-refractivity contribution is -0.154. The van der Waals surface area contributed by atoms with Crippen LogP contribution < -0.4 is 0 Å². The lowest BCUT2D eigenvalue weighted by Crippen LogP contribution is -2.55. The predicted molar refractivity (Wildman–Crippen MR) is 88.6 cm³/mol. The molecule has 0 heterocycles. The number of carbonyl (C=O) groups is 1. The number of hydrogen-bond acceptors (Lipinski definition) is 3. The Balaban J connectivity index is 1.64. The fourth-order valence-corrected chi connectivity index (χ4v) is 6.94. The first-order chi connectivity index (χ1) is 10.9. The van der Waals surface area contributed by atoms with Gasteiger partial charge in [0.05, 0.1) is 12.9 Å². The molecule has 1 N–H and O–H groups in total. The summed E-state index contributed by atoms with van der Waals surface area (Å²) in [6, 6.07) is 0. The summed E-state index contributed by atoms with van der Waals surface area (Å²) in [4.78, 5) is 12.0. The zero-order valence-electron chi connectivity index (χ0n) is 14.7. The van der Waals surface area contributed by atoms with Crippen LogP contribution in [0.4, 0.5) is 0 Å². The summed E-state index contributed by atoms with van der Waals surface area (Å²) in [5, 5.41) is 10.2. The quantitative estimate of drug-likeness (QED) is 0.801. The third-order valence-corrected chi connectivity index (χ3v) is 8.25. The summed E-state index contributed by atoms with van der Waals surface area (Å²) < 4.78 is 5.70. The number of rotatable bonds is 1. The Kier molecular flexibility index (Phi) is 3.46. The second-order valence-electron chi connectivity index (χ2n) is 9.01. The van der Waals surface area contributed by atoms with Gasteiger partial charge in [0, 0.05) is 11.8 Å². The molecule has 0 saturated heterocycles. The van der Waals surface area contributed by atoms with E-state index in [-0.39, 0.29) is 16.6 Å². The van der Waals surface area contributed by atoms with Crippen LogP contribution in [-0.2, 0) is 9.53 Å². The molecule has 0 aromatic rings. The average Bonchev–Trinajstić information content (AvgIpc) is 2.85. The summed E-state index contributed by atoms with van der Waals surface area (Å²) in [6.07, 6.45) is 8.83. The van der Waals surface area contributed by atoms with Crippen molar-refractivity contribution in [1.82, 2.24) is 0 Å². The standard InChI is InChI=1S/C20H30O3/c1-19-9-8-15-13(14(19)6-7-18(19)23-3)5-4-12-10-16(21)17(22)11-20(12,15)2/h7,12-15,17,22H,4-6,8-11H2,1-3H3. The van der Waals surface area contributed by atoms with E-state index >= 15 is 0 Å². The molecule has 0 spiro atoms. The van der Waals surface area contributed by atoms with Crippen molar-refractivity contribution in [3.63, 3.8) is 0 Å². The highest BCUT2D eigenvalue weighted by molar-refractivity contribution is 5.84. The molecule has 0 radical (unpaired) electrons. The molecule has 4 rings (SSSR count). The monoisotopic (exact) mass is 318 g/mol. The summed E-state index contributed by atoms with van der Waals surface area (Å²) in [7, 11) is 1.81. The van der Waals surface area contributed by atoms with Gasteiger partial charge < -0.3 is 9.84 Å². The second kappa shape index (κ2) is 5.08. The van der Waals surface area contributed by atoms with Crippen molar-refractivity contribution in [2.24, 2.45) is 34.5 Å². The number of aliphatic hydroxyl groups excluding tert-OH is 1. The molecule has 3 fully saturated rings. The van der Waals surface area contributed by atoms with Crippen LogP contribution in [0.1, 0.15) is 58.8 Å². The molecular weight excluding hydrogens is 288 g/mol. The van der Waals surface area contributed by atoms with Crippen molar-refractivity contribution in [2.75, 3.05) is 7.11 Å². The molecule has 0 aromatic heterocycles. The summed E-state index contributed by atoms with van der Waals surface area (Å²) in [5.74, 6) is 3.83. The Labute approximate surface area is 139 Å². The van der Waals surface area contributed by atoms with E-state index in [2.05, 4.69) is 19.9 Å². The van der Waals surface area contributed by atoms with Crippen molar-refractivity contribution in [2.45, 2.75) is 64.9 Å². The molecule has 3 nitrogen and oxygen atoms in total. The highest BCUT2D eigenvalue weighted by Crippen LogP contribution is 2.66. The highest BCUT2D eigenvalue weighted by Gasteiger charge is 2.60. The molecule has 0 bridgehead atoms. The van der Waals surface area contributed by atoms with E-state index in [4.69, 9.17) is 4.74 Å². The maximum atomic E-state index is 12.0. The van der Waals surface area contributed by atoms with Crippen molar-refractivity contribution >= 4 is 5.78 Å². The van der Waals surface area contributed by atoms with Gasteiger partial charge in [-0.25, -0.2) is 0 Å². The number of allylic oxidation sites excluding steroid dienone is 2. The first kappa shape index (κ1) is 15.7. The number of carbonyl (C=O) groups excluding carboxylic acids is 1. The summed E-state index contributed by atoms with van der Waals surface area (Å²) >= 11 is 0. The third-order valence-electron chi connectivity index (χ3n) is 8.25. The molecule has 0 aromatic carbocycles. The minimum Gasteiger partial charge on any atom is -0.501 e. The lowest BCUT2D eigenvalue weighted by atomic mass is 9.45. The third kappa shape index (κ3) is 2.01. The first-order valence-corrected chi connectivity index (χ1v) is 9.35. The first-order valence-electron chi connectivity index (χ1n) is 9.35. The van der Waals surface area contributed by atoms with Crippen LogP contribution in [0.25, 0.3) is 0 Å². The number of Topliss-reactive ketones (excluding diaryl/α,β-unsaturated/α-hetero) is 1. The van der Waals surface area contributed by atoms with Crippen LogP contribution in [0.15, 0.2) is 11.8 Å². The van der Waals surface area contributed by atoms with Crippen molar-refractivity contribution in [3.8, 4) is 0 Å². The van der Waals surface area contributed by atoms with E-state index in [1.807, 2.05) is 7.11 Å². The Hall–Kier alpha value is -0.830. The van der Waals surface area contributed by atoms with Crippen LogP contribution in [0.5, 0.6) is 0 Å². The Morgan fingerprint density at radius 3 is 2.74 bits per heavy atom. The SMILES string of the molecule is COC1=CCC2C3CCC4CC(=O)C(O)CC4(C)C3CCC12C. The largest absolute Gasteiger partial charge is 0.501 e. The van der Waals surface area contributed by atoms with Gasteiger partial charge >= 0.3 is 0 Å². The van der Waals surface area contributed by atoms with Gasteiger partial charge in [0.1, 0.15) is 6.10 Å². The van der Waals surface area contributed by atoms with Gasteiger partial charge in [0.2, 0.25) is 0 Å². The van der Waals surface area contributed by atoms with Crippen LogP contribution in [0.2, 0.25) is 0 Å². The molecular formula is C20H30O3. The average molecular weight is 318 g/mol. The van der Waals surface area contributed by atoms with Crippen LogP contribution in [0.3, 0.4) is 0 Å². The van der Waals surface area contributed by atoms with E-state index < -0.39 is 6.10 Å². The Morgan fingerprint density at radius 1 is 1.22 bits per heavy atom. The molecule has 3 heteroatoms. The normalized spacial score (nSPS) is 52.3. The zero-order valence-corrected chi connectivity index (χ0v) is 14.7. The molecule has 23 heavy (non-hydrogen) atoms. The highest BCUT2D eigenvalue weighted by atomic mass is 16.5. The van der Waals surface area contributed by atoms with Gasteiger partial charge in [-0.1, -0.05) is 13.8 Å². The molecule has 7 unspecified atom stereocenters. The fraction of sp³-hybridized carbons (Fsp3) is 0.850. The van der Waals surface area contributed by atoms with E-state index in [1.165, 1.54) is 25.0 Å². The molecule has 4 aliphatic carbocycles. The van der Waals surface area contributed by atoms with Gasteiger partial charge in [0.15, 0.2) is 5.78 Å². The zero-order chi connectivity index (χ0) is 16.4. The van der Waals surface area contributed by atoms with Crippen LogP contribution >= 0.6 is 0 Å². The number of ether oxygens (including phenoxy) is 1. The van der Waals surface area contributed by atoms with Gasteiger partial charge in [-0.05, 0) is 73.7 Å². The van der Waals surface area contributed by atoms with Crippen molar-refractivity contribution < 1.29 is 14.6 Å². The molecule has 0 aliphatic heterocycles. The van der Waals surface area contributed by atoms with Crippen molar-refractivity contribution in [1.29, 1.82) is 0 Å². The Bertz CT molecular complexity index is 553. The van der Waals surface area contributed by atoms with Crippen LogP contribution in [0, 0.1) is 34.5 Å². The number of hydrogen-bond donors (Lipinski definition) is 1. The molecule has 7 atom stereocenters. The number of ketones is 1. The van der Waals surface area contributed by atoms with Gasteiger partial charge in [0.25, 0.3) is 0 Å². The molecule has 128 valence electrons. The van der Waals surface area contributed by atoms with E-state index in [0.717, 1.165) is 18.8 Å². The summed E-state index contributed by atoms with van der Waals surface area (Å²) in [6.45, 7) is 4.76. The number of aliphatic hydroxyl groups is 1. The smallest absolute Gasteiger partial charge is 0.161 e. The molecule has 4 aliphatic rings. The van der Waals surface area contributed by atoms with Crippen LogP contribution in [-0.4, -0.2) is 24.1 Å². The molecule has 0 amide bonds. The van der Waals surface area contributed by atoms with Gasteiger partial charge in [-0.3, -0.25) is 4.79 Å². The van der Waals surface area contributed by atoms with E-state index in [1.54, 1.807) is 0 Å². The van der Waals surface area contributed by atoms with Crippen molar-refractivity contribution in [3.05, 3.63) is 11.8 Å². The predicted octanol–water partition coefficient (Wildman–Crippen LogP) is 3.71. The number of fused-ring (bicyclic) bond motifs is 5. The van der Waals surface area contributed by atoms with Gasteiger partial charge in [-0.2, -0.15) is 0 Å². The van der Waals surface area contributed by atoms with E-state index in [9.17, 15) is 9.90 Å². The topological polar surface area (TPSA) is 46.5 Å².